The topological polar surface area (TPSA) is 95.0 Å². The third kappa shape index (κ3) is 8.64. The molecule has 1 fully saturated rings. The molecule has 0 bridgehead atoms. The van der Waals surface area contributed by atoms with Crippen LogP contribution in [0.4, 0.5) is 4.79 Å². The fraction of sp³-hybridized carbons (Fsp3) is 0.875. The van der Waals surface area contributed by atoms with E-state index in [0.29, 0.717) is 25.6 Å². The van der Waals surface area contributed by atoms with Crippen molar-refractivity contribution in [3.63, 3.8) is 0 Å². The lowest BCUT2D eigenvalue weighted by molar-refractivity contribution is 0.0529. The van der Waals surface area contributed by atoms with Gasteiger partial charge in [0.05, 0.1) is 6.10 Å². The molecular formula is C16H32N4O3. The summed E-state index contributed by atoms with van der Waals surface area (Å²) < 4.78 is 5.17. The Kier molecular flexibility index (Phi) is 8.16. The van der Waals surface area contributed by atoms with Gasteiger partial charge in [-0.25, -0.2) is 4.79 Å². The molecule has 0 aromatic heterocycles. The predicted octanol–water partition coefficient (Wildman–Crippen LogP) is 1.23. The second-order valence-corrected chi connectivity index (χ2v) is 6.83. The van der Waals surface area contributed by atoms with Gasteiger partial charge < -0.3 is 25.8 Å². The van der Waals surface area contributed by atoms with Gasteiger partial charge in [-0.15, -0.1) is 0 Å². The van der Waals surface area contributed by atoms with Crippen molar-refractivity contribution in [3.8, 4) is 0 Å². The lowest BCUT2D eigenvalue weighted by Crippen LogP contribution is -2.42. The van der Waals surface area contributed by atoms with Crippen molar-refractivity contribution in [2.24, 2.45) is 10.9 Å². The van der Waals surface area contributed by atoms with Crippen LogP contribution in [0.1, 0.15) is 47.0 Å². The SMILES string of the molecule is CCNC(=NCC1CCCC1O)NCCNC(=O)OC(C)(C)C. The van der Waals surface area contributed by atoms with Crippen LogP contribution in [0.15, 0.2) is 4.99 Å². The summed E-state index contributed by atoms with van der Waals surface area (Å²) in [6, 6.07) is 0. The van der Waals surface area contributed by atoms with Crippen LogP contribution in [0.5, 0.6) is 0 Å². The standard InChI is InChI=1S/C16H32N4O3/c1-5-17-14(20-11-12-7-6-8-13(12)21)18-9-10-19-15(22)23-16(2,3)4/h12-13,21H,5-11H2,1-4H3,(H,19,22)(H2,17,18,20). The van der Waals surface area contributed by atoms with E-state index in [4.69, 9.17) is 4.74 Å². The Balaban J connectivity index is 2.28. The minimum atomic E-state index is -0.490. The summed E-state index contributed by atoms with van der Waals surface area (Å²) in [5, 5.41) is 18.8. The molecule has 0 radical (unpaired) electrons. The van der Waals surface area contributed by atoms with Gasteiger partial charge in [0.25, 0.3) is 0 Å². The van der Waals surface area contributed by atoms with E-state index in [1.165, 1.54) is 0 Å². The van der Waals surface area contributed by atoms with Crippen LogP contribution in [0, 0.1) is 5.92 Å². The van der Waals surface area contributed by atoms with E-state index < -0.39 is 11.7 Å². The van der Waals surface area contributed by atoms with Gasteiger partial charge in [-0.1, -0.05) is 6.42 Å². The van der Waals surface area contributed by atoms with Crippen LogP contribution < -0.4 is 16.0 Å². The number of hydrogen-bond acceptors (Lipinski definition) is 4. The smallest absolute Gasteiger partial charge is 0.407 e. The Hall–Kier alpha value is -1.50. The first kappa shape index (κ1) is 19.5. The van der Waals surface area contributed by atoms with Crippen molar-refractivity contribution in [1.82, 2.24) is 16.0 Å². The van der Waals surface area contributed by atoms with E-state index in [1.54, 1.807) is 0 Å². The number of rotatable bonds is 6. The quantitative estimate of drug-likeness (QED) is 0.334. The van der Waals surface area contributed by atoms with Gasteiger partial charge >= 0.3 is 6.09 Å². The molecule has 1 aliphatic carbocycles. The monoisotopic (exact) mass is 328 g/mol. The fourth-order valence-corrected chi connectivity index (χ4v) is 2.44. The Morgan fingerprint density at radius 2 is 1.91 bits per heavy atom. The van der Waals surface area contributed by atoms with Gasteiger partial charge in [-0.2, -0.15) is 0 Å². The first-order chi connectivity index (χ1) is 10.8. The van der Waals surface area contributed by atoms with Gasteiger partial charge in [-0.05, 0) is 40.5 Å². The predicted molar refractivity (Wildman–Crippen MR) is 91.6 cm³/mol. The second-order valence-electron chi connectivity index (χ2n) is 6.83. The molecular weight excluding hydrogens is 296 g/mol. The summed E-state index contributed by atoms with van der Waals surface area (Å²) >= 11 is 0. The third-order valence-electron chi connectivity index (χ3n) is 3.53. The third-order valence-corrected chi connectivity index (χ3v) is 3.53. The number of aliphatic hydroxyl groups excluding tert-OH is 1. The molecule has 7 nitrogen and oxygen atoms in total. The van der Waals surface area contributed by atoms with Gasteiger partial charge in [0.15, 0.2) is 5.96 Å². The highest BCUT2D eigenvalue weighted by Gasteiger charge is 2.24. The van der Waals surface area contributed by atoms with Crippen LogP contribution >= 0.6 is 0 Å². The first-order valence-corrected chi connectivity index (χ1v) is 8.49. The molecule has 134 valence electrons. The summed E-state index contributed by atoms with van der Waals surface area (Å²) in [6.45, 7) is 9.88. The van der Waals surface area contributed by atoms with E-state index >= 15 is 0 Å². The number of aliphatic hydroxyl groups is 1. The number of ether oxygens (including phenoxy) is 1. The number of carbonyl (C=O) groups excluding carboxylic acids is 1. The Bertz CT molecular complexity index is 393. The van der Waals surface area contributed by atoms with Gasteiger partial charge in [0, 0.05) is 32.1 Å². The number of guanidine groups is 1. The normalized spacial score (nSPS) is 21.9. The van der Waals surface area contributed by atoms with Crippen molar-refractivity contribution >= 4 is 12.1 Å². The van der Waals surface area contributed by atoms with Crippen LogP contribution in [0.2, 0.25) is 0 Å². The number of amides is 1. The highest BCUT2D eigenvalue weighted by atomic mass is 16.6. The maximum atomic E-state index is 11.5. The lowest BCUT2D eigenvalue weighted by atomic mass is 10.1. The summed E-state index contributed by atoms with van der Waals surface area (Å²) in [6.07, 6.45) is 2.34. The summed E-state index contributed by atoms with van der Waals surface area (Å²) in [5.41, 5.74) is -0.490. The van der Waals surface area contributed by atoms with E-state index in [9.17, 15) is 9.90 Å². The van der Waals surface area contributed by atoms with Crippen LogP contribution in [0.25, 0.3) is 0 Å². The largest absolute Gasteiger partial charge is 0.444 e. The lowest BCUT2D eigenvalue weighted by Gasteiger charge is -2.20. The zero-order valence-corrected chi connectivity index (χ0v) is 14.8. The van der Waals surface area contributed by atoms with Crippen molar-refractivity contribution in [1.29, 1.82) is 0 Å². The van der Waals surface area contributed by atoms with E-state index in [0.717, 1.165) is 25.8 Å². The molecule has 1 amide bonds. The van der Waals surface area contributed by atoms with Gasteiger partial charge in [0.1, 0.15) is 5.60 Å². The molecule has 0 aromatic rings. The summed E-state index contributed by atoms with van der Waals surface area (Å²) in [4.78, 5) is 16.0. The van der Waals surface area contributed by atoms with Gasteiger partial charge in [0.2, 0.25) is 0 Å². The average molecular weight is 328 g/mol. The minimum Gasteiger partial charge on any atom is -0.444 e. The van der Waals surface area contributed by atoms with E-state index in [1.807, 2.05) is 27.7 Å². The Morgan fingerprint density at radius 1 is 1.22 bits per heavy atom. The molecule has 7 heteroatoms. The number of carbonyl (C=O) groups is 1. The van der Waals surface area contributed by atoms with Crippen LogP contribution in [0.3, 0.4) is 0 Å². The zero-order valence-electron chi connectivity index (χ0n) is 14.8. The summed E-state index contributed by atoms with van der Waals surface area (Å²) in [5.74, 6) is 0.961. The molecule has 2 atom stereocenters. The maximum absolute atomic E-state index is 11.5. The van der Waals surface area contributed by atoms with Crippen molar-refractivity contribution in [2.45, 2.75) is 58.7 Å². The fourth-order valence-electron chi connectivity index (χ4n) is 2.44. The Labute approximate surface area is 139 Å². The molecule has 2 unspecified atom stereocenters. The molecule has 4 N–H and O–H groups in total. The van der Waals surface area contributed by atoms with E-state index in [2.05, 4.69) is 20.9 Å². The second kappa shape index (κ2) is 9.60. The average Bonchev–Trinajstić information content (AvgIpc) is 2.84. The Morgan fingerprint density at radius 3 is 2.48 bits per heavy atom. The molecule has 1 saturated carbocycles. The van der Waals surface area contributed by atoms with Crippen molar-refractivity contribution in [2.75, 3.05) is 26.2 Å². The number of aliphatic imine (C=N–C) groups is 1. The number of alkyl carbamates (subject to hydrolysis) is 1. The van der Waals surface area contributed by atoms with E-state index in [-0.39, 0.29) is 12.0 Å². The molecule has 1 rings (SSSR count). The van der Waals surface area contributed by atoms with Crippen LogP contribution in [-0.2, 0) is 4.74 Å². The number of hydrogen-bond donors (Lipinski definition) is 4. The molecule has 0 spiro atoms. The molecule has 0 heterocycles. The molecule has 0 aromatic carbocycles. The zero-order chi connectivity index (χ0) is 17.3. The van der Waals surface area contributed by atoms with Crippen LogP contribution in [-0.4, -0.2) is 55.0 Å². The first-order valence-electron chi connectivity index (χ1n) is 8.49. The molecule has 1 aliphatic rings. The van der Waals surface area contributed by atoms with Crippen molar-refractivity contribution < 1.29 is 14.6 Å². The highest BCUT2D eigenvalue weighted by molar-refractivity contribution is 5.79. The van der Waals surface area contributed by atoms with Gasteiger partial charge in [-0.3, -0.25) is 4.99 Å². The molecule has 23 heavy (non-hydrogen) atoms. The minimum absolute atomic E-state index is 0.226. The summed E-state index contributed by atoms with van der Waals surface area (Å²) in [7, 11) is 0. The molecule has 0 saturated heterocycles. The number of nitrogens with one attached hydrogen (secondary N) is 3. The maximum Gasteiger partial charge on any atom is 0.407 e. The molecule has 0 aliphatic heterocycles. The highest BCUT2D eigenvalue weighted by Crippen LogP contribution is 2.25. The van der Waals surface area contributed by atoms with Crippen molar-refractivity contribution in [3.05, 3.63) is 0 Å². The number of nitrogens with zero attached hydrogens (tertiary/aromatic N) is 1.